The van der Waals surface area contributed by atoms with Crippen molar-refractivity contribution in [3.8, 4) is 0 Å². The average Bonchev–Trinajstić information content (AvgIpc) is 2.16. The monoisotopic (exact) mass is 129 g/mol. The second-order valence-electron chi connectivity index (χ2n) is 2.73. The number of amides is 1. The van der Waals surface area contributed by atoms with Gasteiger partial charge in [-0.25, -0.2) is 0 Å². The van der Waals surface area contributed by atoms with E-state index in [1.807, 2.05) is 6.92 Å². The summed E-state index contributed by atoms with van der Waals surface area (Å²) in [4.78, 5) is 10.7. The molecule has 9 heavy (non-hydrogen) atoms. The van der Waals surface area contributed by atoms with Crippen molar-refractivity contribution in [3.63, 3.8) is 0 Å². The highest BCUT2D eigenvalue weighted by Gasteiger charge is 2.35. The summed E-state index contributed by atoms with van der Waals surface area (Å²) in [5, 5.41) is 0. The highest BCUT2D eigenvalue weighted by atomic mass is 16.5. The quantitative estimate of drug-likeness (QED) is 0.537. The van der Waals surface area contributed by atoms with Gasteiger partial charge < -0.3 is 10.5 Å². The zero-order valence-corrected chi connectivity index (χ0v) is 5.52. The summed E-state index contributed by atoms with van der Waals surface area (Å²) in [5.74, 6) is -0.250. The topological polar surface area (TPSA) is 52.3 Å². The molecule has 1 atom stereocenters. The Hall–Kier alpha value is -0.570. The number of primary amides is 1. The minimum Gasteiger partial charge on any atom is -0.380 e. The van der Waals surface area contributed by atoms with Crippen LogP contribution in [0.5, 0.6) is 0 Å². The standard InChI is InChI=1S/C6H11NO2/c1-6(5(7)8)2-3-9-4-6/h2-4H2,1H3,(H2,7,8). The van der Waals surface area contributed by atoms with Crippen molar-refractivity contribution < 1.29 is 9.53 Å². The molecule has 1 rings (SSSR count). The third-order valence-corrected chi connectivity index (χ3v) is 1.81. The van der Waals surface area contributed by atoms with Crippen molar-refractivity contribution in [3.05, 3.63) is 0 Å². The van der Waals surface area contributed by atoms with Crippen molar-refractivity contribution in [2.75, 3.05) is 13.2 Å². The van der Waals surface area contributed by atoms with Gasteiger partial charge in [0, 0.05) is 6.61 Å². The second kappa shape index (κ2) is 1.99. The fourth-order valence-electron chi connectivity index (χ4n) is 0.861. The van der Waals surface area contributed by atoms with Gasteiger partial charge in [-0.3, -0.25) is 4.79 Å². The molecule has 1 amide bonds. The highest BCUT2D eigenvalue weighted by Crippen LogP contribution is 2.26. The summed E-state index contributed by atoms with van der Waals surface area (Å²) in [7, 11) is 0. The van der Waals surface area contributed by atoms with E-state index < -0.39 is 0 Å². The van der Waals surface area contributed by atoms with Crippen LogP contribution in [0.1, 0.15) is 13.3 Å². The molecule has 1 heterocycles. The summed E-state index contributed by atoms with van der Waals surface area (Å²) in [5.41, 5.74) is 4.72. The lowest BCUT2D eigenvalue weighted by Gasteiger charge is -2.15. The van der Waals surface area contributed by atoms with E-state index in [0.29, 0.717) is 13.2 Å². The molecule has 0 spiro atoms. The number of carbonyl (C=O) groups excluding carboxylic acids is 1. The number of ether oxygens (including phenoxy) is 1. The van der Waals surface area contributed by atoms with Crippen molar-refractivity contribution in [1.29, 1.82) is 0 Å². The maximum Gasteiger partial charge on any atom is 0.225 e. The van der Waals surface area contributed by atoms with E-state index in [-0.39, 0.29) is 11.3 Å². The van der Waals surface area contributed by atoms with E-state index >= 15 is 0 Å². The predicted molar refractivity (Wildman–Crippen MR) is 32.7 cm³/mol. The van der Waals surface area contributed by atoms with Gasteiger partial charge in [0.25, 0.3) is 0 Å². The summed E-state index contributed by atoms with van der Waals surface area (Å²) < 4.78 is 5.02. The van der Waals surface area contributed by atoms with E-state index in [9.17, 15) is 4.79 Å². The number of rotatable bonds is 1. The molecule has 0 aromatic heterocycles. The van der Waals surface area contributed by atoms with Crippen molar-refractivity contribution in [2.45, 2.75) is 13.3 Å². The number of hydrogen-bond acceptors (Lipinski definition) is 2. The first-order valence-corrected chi connectivity index (χ1v) is 3.03. The Morgan fingerprint density at radius 1 is 1.78 bits per heavy atom. The molecule has 1 saturated heterocycles. The summed E-state index contributed by atoms with van der Waals surface area (Å²) >= 11 is 0. The molecular formula is C6H11NO2. The van der Waals surface area contributed by atoms with E-state index in [2.05, 4.69) is 0 Å². The Morgan fingerprint density at radius 3 is 2.67 bits per heavy atom. The molecule has 1 fully saturated rings. The molecule has 2 N–H and O–H groups in total. The predicted octanol–water partition coefficient (Wildman–Crippen LogP) is -0.102. The van der Waals surface area contributed by atoms with Crippen LogP contribution in [0.25, 0.3) is 0 Å². The van der Waals surface area contributed by atoms with Crippen LogP contribution < -0.4 is 5.73 Å². The van der Waals surface area contributed by atoms with Crippen LogP contribution in [0.3, 0.4) is 0 Å². The molecule has 0 aromatic rings. The van der Waals surface area contributed by atoms with Gasteiger partial charge in [0.05, 0.1) is 12.0 Å². The van der Waals surface area contributed by atoms with Gasteiger partial charge in [-0.2, -0.15) is 0 Å². The molecule has 0 aromatic carbocycles. The van der Waals surface area contributed by atoms with Gasteiger partial charge in [-0.15, -0.1) is 0 Å². The summed E-state index contributed by atoms with van der Waals surface area (Å²) in [6, 6.07) is 0. The Balaban J connectivity index is 2.61. The molecule has 52 valence electrons. The Morgan fingerprint density at radius 2 is 2.44 bits per heavy atom. The second-order valence-corrected chi connectivity index (χ2v) is 2.73. The van der Waals surface area contributed by atoms with Crippen LogP contribution in [0.4, 0.5) is 0 Å². The lowest BCUT2D eigenvalue weighted by Crippen LogP contribution is -2.34. The van der Waals surface area contributed by atoms with Crippen molar-refractivity contribution >= 4 is 5.91 Å². The molecule has 3 heteroatoms. The fraction of sp³-hybridized carbons (Fsp3) is 0.833. The van der Waals surface area contributed by atoms with E-state index in [1.54, 1.807) is 0 Å². The van der Waals surface area contributed by atoms with Gasteiger partial charge in [-0.1, -0.05) is 0 Å². The summed E-state index contributed by atoms with van der Waals surface area (Å²) in [6.07, 6.45) is 0.766. The third-order valence-electron chi connectivity index (χ3n) is 1.81. The molecule has 1 aliphatic rings. The van der Waals surface area contributed by atoms with Crippen LogP contribution in [0.15, 0.2) is 0 Å². The van der Waals surface area contributed by atoms with E-state index in [4.69, 9.17) is 10.5 Å². The molecule has 1 unspecified atom stereocenters. The van der Waals surface area contributed by atoms with E-state index in [1.165, 1.54) is 0 Å². The van der Waals surface area contributed by atoms with Crippen molar-refractivity contribution in [2.24, 2.45) is 11.1 Å². The van der Waals surface area contributed by atoms with Crippen LogP contribution in [0, 0.1) is 5.41 Å². The molecule has 0 bridgehead atoms. The first-order valence-electron chi connectivity index (χ1n) is 3.03. The number of nitrogens with two attached hydrogens (primary N) is 1. The molecule has 1 aliphatic heterocycles. The molecule has 0 aliphatic carbocycles. The number of carbonyl (C=O) groups is 1. The zero-order chi connectivity index (χ0) is 6.91. The fourth-order valence-corrected chi connectivity index (χ4v) is 0.861. The van der Waals surface area contributed by atoms with Crippen LogP contribution in [-0.4, -0.2) is 19.1 Å². The minimum absolute atomic E-state index is 0.250. The van der Waals surface area contributed by atoms with Crippen molar-refractivity contribution in [1.82, 2.24) is 0 Å². The van der Waals surface area contributed by atoms with Gasteiger partial charge in [0.1, 0.15) is 0 Å². The molecular weight excluding hydrogens is 118 g/mol. The van der Waals surface area contributed by atoms with Gasteiger partial charge in [0.15, 0.2) is 0 Å². The van der Waals surface area contributed by atoms with Gasteiger partial charge in [0.2, 0.25) is 5.91 Å². The molecule has 0 radical (unpaired) electrons. The smallest absolute Gasteiger partial charge is 0.225 e. The maximum absolute atomic E-state index is 10.7. The first kappa shape index (κ1) is 6.55. The van der Waals surface area contributed by atoms with Crippen LogP contribution in [0.2, 0.25) is 0 Å². The highest BCUT2D eigenvalue weighted by molar-refractivity contribution is 5.80. The SMILES string of the molecule is CC1(C(N)=O)CCOC1. The Bertz CT molecular complexity index is 127. The van der Waals surface area contributed by atoms with Gasteiger partial charge in [-0.05, 0) is 13.3 Å². The molecule has 0 saturated carbocycles. The Labute approximate surface area is 54.2 Å². The lowest BCUT2D eigenvalue weighted by molar-refractivity contribution is -0.126. The van der Waals surface area contributed by atoms with E-state index in [0.717, 1.165) is 6.42 Å². The van der Waals surface area contributed by atoms with Crippen LogP contribution in [-0.2, 0) is 9.53 Å². The lowest BCUT2D eigenvalue weighted by atomic mass is 9.90. The largest absolute Gasteiger partial charge is 0.380 e. The summed E-state index contributed by atoms with van der Waals surface area (Å²) in [6.45, 7) is 2.99. The maximum atomic E-state index is 10.7. The molecule has 3 nitrogen and oxygen atoms in total. The van der Waals surface area contributed by atoms with Crippen LogP contribution >= 0.6 is 0 Å². The average molecular weight is 129 g/mol. The first-order chi connectivity index (χ1) is 4.15. The number of hydrogen-bond donors (Lipinski definition) is 1. The van der Waals surface area contributed by atoms with Gasteiger partial charge >= 0.3 is 0 Å². The Kier molecular flexibility index (Phi) is 1.45. The zero-order valence-electron chi connectivity index (χ0n) is 5.52. The normalized spacial score (nSPS) is 34.8. The third kappa shape index (κ3) is 1.05. The minimum atomic E-state index is -0.389.